The number of fused-ring (bicyclic) bond motifs is 6. The maximum absolute atomic E-state index is 3.86. The van der Waals surface area contributed by atoms with Gasteiger partial charge in [-0.25, -0.2) is 0 Å². The largest absolute Gasteiger partial charge is 0.0807 e. The van der Waals surface area contributed by atoms with Crippen LogP contribution in [-0.4, -0.2) is 0 Å². The smallest absolute Gasteiger partial charge is 0.0456 e. The molecule has 0 saturated heterocycles. The molecule has 0 nitrogen and oxygen atoms in total. The molecule has 4 aromatic carbocycles. The second-order valence-corrected chi connectivity index (χ2v) is 8.27. The molecule has 0 heterocycles. The Balaban J connectivity index is 2.39. The molecular weight excluding hydrogens is 332 g/mol. The third kappa shape index (κ3) is 1.96. The van der Waals surface area contributed by atoms with Crippen molar-refractivity contribution in [2.24, 2.45) is 0 Å². The van der Waals surface area contributed by atoms with E-state index in [2.05, 4.69) is 96.5 Å². The number of hydrogen-bond acceptors (Lipinski definition) is 0. The summed E-state index contributed by atoms with van der Waals surface area (Å²) in [6, 6.07) is 24.1. The highest BCUT2D eigenvalue weighted by Crippen LogP contribution is 2.42. The first kappa shape index (κ1) is 13.8. The Hall–Kier alpha value is -1.86. The van der Waals surface area contributed by atoms with Gasteiger partial charge in [-0.3, -0.25) is 0 Å². The van der Waals surface area contributed by atoms with Crippen molar-refractivity contribution < 1.29 is 0 Å². The predicted molar refractivity (Wildman–Crippen MR) is 101 cm³/mol. The van der Waals surface area contributed by atoms with E-state index in [9.17, 15) is 0 Å². The summed E-state index contributed by atoms with van der Waals surface area (Å²) in [6.45, 7) is 4.43. The average molecular weight is 349 g/mol. The van der Waals surface area contributed by atoms with Crippen molar-refractivity contribution in [3.05, 3.63) is 72.3 Å². The molecular formula is C21H17Br. The van der Waals surface area contributed by atoms with Crippen LogP contribution in [-0.2, 0) is 4.32 Å². The van der Waals surface area contributed by atoms with Crippen molar-refractivity contribution in [2.45, 2.75) is 18.2 Å². The minimum absolute atomic E-state index is 0.0578. The molecule has 1 heteroatoms. The van der Waals surface area contributed by atoms with Crippen molar-refractivity contribution in [3.63, 3.8) is 0 Å². The number of alkyl halides is 1. The molecule has 0 aliphatic carbocycles. The fraction of sp³-hybridized carbons (Fsp3) is 0.143. The zero-order valence-corrected chi connectivity index (χ0v) is 14.3. The van der Waals surface area contributed by atoms with Crippen LogP contribution < -0.4 is 0 Å². The summed E-state index contributed by atoms with van der Waals surface area (Å²) in [5, 5.41) is 8.01. The lowest BCUT2D eigenvalue weighted by Crippen LogP contribution is -2.07. The van der Waals surface area contributed by atoms with Crippen molar-refractivity contribution in [3.8, 4) is 0 Å². The summed E-state index contributed by atoms with van der Waals surface area (Å²) < 4.78 is -0.0578. The van der Waals surface area contributed by atoms with E-state index in [4.69, 9.17) is 0 Å². The zero-order valence-electron chi connectivity index (χ0n) is 12.7. The van der Waals surface area contributed by atoms with Crippen LogP contribution in [0.4, 0.5) is 0 Å². The second-order valence-electron chi connectivity index (χ2n) is 6.29. The van der Waals surface area contributed by atoms with E-state index >= 15 is 0 Å². The van der Waals surface area contributed by atoms with E-state index < -0.39 is 0 Å². The molecule has 0 radical (unpaired) electrons. The van der Waals surface area contributed by atoms with Crippen LogP contribution in [0, 0.1) is 0 Å². The van der Waals surface area contributed by atoms with Gasteiger partial charge in [0.15, 0.2) is 0 Å². The van der Waals surface area contributed by atoms with E-state index in [0.717, 1.165) is 0 Å². The van der Waals surface area contributed by atoms with Crippen molar-refractivity contribution in [2.75, 3.05) is 0 Å². The van der Waals surface area contributed by atoms with Crippen molar-refractivity contribution >= 4 is 48.2 Å². The molecule has 0 unspecified atom stereocenters. The molecule has 0 aliphatic rings. The molecule has 0 fully saturated rings. The Morgan fingerprint density at radius 3 is 1.50 bits per heavy atom. The van der Waals surface area contributed by atoms with Crippen LogP contribution >= 0.6 is 15.9 Å². The van der Waals surface area contributed by atoms with Crippen LogP contribution in [0.25, 0.3) is 32.3 Å². The van der Waals surface area contributed by atoms with Gasteiger partial charge in [-0.05, 0) is 51.7 Å². The lowest BCUT2D eigenvalue weighted by atomic mass is 9.88. The van der Waals surface area contributed by atoms with Crippen molar-refractivity contribution in [1.29, 1.82) is 0 Å². The lowest BCUT2D eigenvalue weighted by molar-refractivity contribution is 0.813. The van der Waals surface area contributed by atoms with Gasteiger partial charge >= 0.3 is 0 Å². The highest BCUT2D eigenvalue weighted by Gasteiger charge is 2.21. The monoisotopic (exact) mass is 348 g/mol. The Morgan fingerprint density at radius 1 is 0.591 bits per heavy atom. The quantitative estimate of drug-likeness (QED) is 0.263. The highest BCUT2D eigenvalue weighted by molar-refractivity contribution is 9.09. The molecule has 0 spiro atoms. The van der Waals surface area contributed by atoms with Gasteiger partial charge in [0, 0.05) is 4.32 Å². The Morgan fingerprint density at radius 2 is 1.00 bits per heavy atom. The minimum Gasteiger partial charge on any atom is -0.0807 e. The van der Waals surface area contributed by atoms with Gasteiger partial charge < -0.3 is 0 Å². The fourth-order valence-electron chi connectivity index (χ4n) is 3.45. The van der Waals surface area contributed by atoms with E-state index in [0.29, 0.717) is 0 Å². The standard InChI is InChI=1S/C21H17Br/c1-21(2,22)19-13-7-12-18-16-9-4-3-8-14(16)15-10-5-6-11-17(15)20(18)19/h3-13H,1-2H3. The maximum atomic E-state index is 3.86. The summed E-state index contributed by atoms with van der Waals surface area (Å²) in [5.41, 5.74) is 1.34. The molecule has 0 saturated carbocycles. The SMILES string of the molecule is CC(C)(Br)c1cccc2c3ccccc3c3ccccc3c12. The van der Waals surface area contributed by atoms with E-state index in [1.165, 1.54) is 37.9 Å². The van der Waals surface area contributed by atoms with E-state index in [1.54, 1.807) is 0 Å². The lowest BCUT2D eigenvalue weighted by Gasteiger charge is -2.21. The van der Waals surface area contributed by atoms with E-state index in [-0.39, 0.29) is 4.32 Å². The molecule has 108 valence electrons. The van der Waals surface area contributed by atoms with Gasteiger partial charge in [-0.2, -0.15) is 0 Å². The van der Waals surface area contributed by atoms with Gasteiger partial charge in [0.2, 0.25) is 0 Å². The van der Waals surface area contributed by atoms with Gasteiger partial charge in [-0.15, -0.1) is 0 Å². The van der Waals surface area contributed by atoms with Crippen molar-refractivity contribution in [1.82, 2.24) is 0 Å². The summed E-state index contributed by atoms with van der Waals surface area (Å²) in [7, 11) is 0. The third-order valence-corrected chi connectivity index (χ3v) is 4.84. The molecule has 4 rings (SSSR count). The Labute approximate surface area is 138 Å². The number of halogens is 1. The normalized spacial score (nSPS) is 12.3. The average Bonchev–Trinajstić information content (AvgIpc) is 2.54. The number of rotatable bonds is 1. The molecule has 0 aromatic heterocycles. The highest BCUT2D eigenvalue weighted by atomic mass is 79.9. The van der Waals surface area contributed by atoms with Gasteiger partial charge in [0.25, 0.3) is 0 Å². The Bertz CT molecular complexity index is 962. The summed E-state index contributed by atoms with van der Waals surface area (Å²) in [6.07, 6.45) is 0. The first-order valence-corrected chi connectivity index (χ1v) is 8.38. The summed E-state index contributed by atoms with van der Waals surface area (Å²) in [5.74, 6) is 0. The topological polar surface area (TPSA) is 0 Å². The van der Waals surface area contributed by atoms with Crippen LogP contribution in [0.2, 0.25) is 0 Å². The first-order chi connectivity index (χ1) is 10.6. The maximum Gasteiger partial charge on any atom is 0.0456 e. The molecule has 22 heavy (non-hydrogen) atoms. The second kappa shape index (κ2) is 4.82. The molecule has 0 amide bonds. The fourth-order valence-corrected chi connectivity index (χ4v) is 3.78. The zero-order chi connectivity index (χ0) is 15.3. The summed E-state index contributed by atoms with van der Waals surface area (Å²) >= 11 is 3.86. The molecule has 0 atom stereocenters. The predicted octanol–water partition coefficient (Wildman–Crippen LogP) is 6.78. The summed E-state index contributed by atoms with van der Waals surface area (Å²) in [4.78, 5) is 0. The van der Waals surface area contributed by atoms with Crippen LogP contribution in [0.15, 0.2) is 66.7 Å². The minimum atomic E-state index is -0.0578. The third-order valence-electron chi connectivity index (χ3n) is 4.41. The van der Waals surface area contributed by atoms with Gasteiger partial charge in [0.05, 0.1) is 0 Å². The molecule has 0 bridgehead atoms. The number of hydrogen-bond donors (Lipinski definition) is 0. The first-order valence-electron chi connectivity index (χ1n) is 7.59. The van der Waals surface area contributed by atoms with Gasteiger partial charge in [-0.1, -0.05) is 82.7 Å². The van der Waals surface area contributed by atoms with Gasteiger partial charge in [0.1, 0.15) is 0 Å². The van der Waals surface area contributed by atoms with Crippen LogP contribution in [0.3, 0.4) is 0 Å². The molecule has 0 aliphatic heterocycles. The number of benzene rings is 4. The molecule has 0 N–H and O–H groups in total. The van der Waals surface area contributed by atoms with E-state index in [1.807, 2.05) is 0 Å². The van der Waals surface area contributed by atoms with Crippen LogP contribution in [0.1, 0.15) is 19.4 Å². The van der Waals surface area contributed by atoms with Crippen LogP contribution in [0.5, 0.6) is 0 Å². The Kier molecular flexibility index (Phi) is 3.02. The molecule has 4 aromatic rings.